The van der Waals surface area contributed by atoms with Gasteiger partial charge in [0.25, 0.3) is 10.0 Å². The van der Waals surface area contributed by atoms with E-state index in [1.165, 1.54) is 12.1 Å². The zero-order valence-electron chi connectivity index (χ0n) is 10.4. The molecule has 0 aliphatic rings. The third-order valence-electron chi connectivity index (χ3n) is 2.58. The fourth-order valence-electron chi connectivity index (χ4n) is 1.64. The van der Waals surface area contributed by atoms with Gasteiger partial charge in [-0.1, -0.05) is 6.07 Å². The maximum atomic E-state index is 13.1. The predicted octanol–water partition coefficient (Wildman–Crippen LogP) is 2.03. The molecule has 0 saturated heterocycles. The minimum absolute atomic E-state index is 0.232. The van der Waals surface area contributed by atoms with Gasteiger partial charge in [0, 0.05) is 0 Å². The lowest BCUT2D eigenvalue weighted by Gasteiger charge is -2.11. The number of carboxylic acid groups (broad SMARTS) is 1. The summed E-state index contributed by atoms with van der Waals surface area (Å²) in [6.45, 7) is 0. The molecular formula is C13H10FNO5S. The molecule has 2 aromatic rings. The van der Waals surface area contributed by atoms with Crippen LogP contribution in [0.4, 0.5) is 10.1 Å². The van der Waals surface area contributed by atoms with E-state index >= 15 is 0 Å². The van der Waals surface area contributed by atoms with E-state index in [4.69, 9.17) is 5.11 Å². The number of carbonyl (C=O) groups is 1. The SMILES string of the molecule is O=C(O)c1cc(O)ccc1NS(=O)(=O)c1cccc(F)c1. The third-order valence-corrected chi connectivity index (χ3v) is 3.95. The topological polar surface area (TPSA) is 104 Å². The van der Waals surface area contributed by atoms with E-state index in [1.807, 2.05) is 0 Å². The first-order valence-electron chi connectivity index (χ1n) is 5.64. The number of sulfonamides is 1. The second kappa shape index (κ2) is 5.41. The summed E-state index contributed by atoms with van der Waals surface area (Å²) in [5.74, 6) is -2.47. The van der Waals surface area contributed by atoms with Gasteiger partial charge in [-0.15, -0.1) is 0 Å². The maximum Gasteiger partial charge on any atom is 0.337 e. The average molecular weight is 311 g/mol. The molecule has 0 aliphatic heterocycles. The summed E-state index contributed by atoms with van der Waals surface area (Å²) in [6.07, 6.45) is 0. The first kappa shape index (κ1) is 14.8. The van der Waals surface area contributed by atoms with Crippen LogP contribution in [0.25, 0.3) is 0 Å². The van der Waals surface area contributed by atoms with Gasteiger partial charge in [-0.3, -0.25) is 4.72 Å². The molecule has 8 heteroatoms. The predicted molar refractivity (Wildman–Crippen MR) is 72.3 cm³/mol. The van der Waals surface area contributed by atoms with Crippen LogP contribution >= 0.6 is 0 Å². The molecule has 0 atom stereocenters. The zero-order valence-corrected chi connectivity index (χ0v) is 11.3. The molecular weight excluding hydrogens is 301 g/mol. The number of rotatable bonds is 4. The van der Waals surface area contributed by atoms with Crippen molar-refractivity contribution in [3.63, 3.8) is 0 Å². The Bertz CT molecular complexity index is 804. The van der Waals surface area contributed by atoms with Crippen LogP contribution in [0, 0.1) is 5.82 Å². The third kappa shape index (κ3) is 3.29. The van der Waals surface area contributed by atoms with Crippen LogP contribution < -0.4 is 4.72 Å². The standard InChI is InChI=1S/C13H10FNO5S/c14-8-2-1-3-10(6-8)21(19,20)15-12-5-4-9(16)7-11(12)13(17)18/h1-7,15-16H,(H,17,18). The Morgan fingerprint density at radius 1 is 1.14 bits per heavy atom. The number of carboxylic acids is 1. The fraction of sp³-hybridized carbons (Fsp3) is 0. The van der Waals surface area contributed by atoms with Crippen molar-refractivity contribution in [2.24, 2.45) is 0 Å². The summed E-state index contributed by atoms with van der Waals surface area (Å²) < 4.78 is 39.3. The normalized spacial score (nSPS) is 11.1. The van der Waals surface area contributed by atoms with Gasteiger partial charge in [-0.25, -0.2) is 17.6 Å². The summed E-state index contributed by atoms with van der Waals surface area (Å²) >= 11 is 0. The lowest BCUT2D eigenvalue weighted by atomic mass is 10.2. The first-order valence-corrected chi connectivity index (χ1v) is 7.12. The molecule has 21 heavy (non-hydrogen) atoms. The highest BCUT2D eigenvalue weighted by atomic mass is 32.2. The number of phenols is 1. The van der Waals surface area contributed by atoms with Crippen molar-refractivity contribution in [1.82, 2.24) is 0 Å². The van der Waals surface area contributed by atoms with Crippen molar-refractivity contribution in [3.8, 4) is 5.75 Å². The van der Waals surface area contributed by atoms with Crippen molar-refractivity contribution in [2.45, 2.75) is 4.90 Å². The van der Waals surface area contributed by atoms with Crippen molar-refractivity contribution >= 4 is 21.7 Å². The lowest BCUT2D eigenvalue weighted by Crippen LogP contribution is -2.15. The highest BCUT2D eigenvalue weighted by molar-refractivity contribution is 7.92. The van der Waals surface area contributed by atoms with E-state index in [1.54, 1.807) is 0 Å². The van der Waals surface area contributed by atoms with E-state index in [2.05, 4.69) is 4.72 Å². The van der Waals surface area contributed by atoms with Gasteiger partial charge in [0.15, 0.2) is 0 Å². The Kier molecular flexibility index (Phi) is 3.81. The molecule has 3 N–H and O–H groups in total. The number of hydrogen-bond donors (Lipinski definition) is 3. The minimum Gasteiger partial charge on any atom is -0.508 e. The largest absolute Gasteiger partial charge is 0.508 e. The van der Waals surface area contributed by atoms with E-state index in [-0.39, 0.29) is 16.3 Å². The molecule has 110 valence electrons. The van der Waals surface area contributed by atoms with Crippen molar-refractivity contribution in [3.05, 3.63) is 53.8 Å². The number of anilines is 1. The number of benzene rings is 2. The van der Waals surface area contributed by atoms with Crippen LogP contribution in [0.1, 0.15) is 10.4 Å². The fourth-order valence-corrected chi connectivity index (χ4v) is 2.75. The van der Waals surface area contributed by atoms with E-state index in [0.29, 0.717) is 0 Å². The first-order chi connectivity index (χ1) is 9.79. The number of aromatic hydroxyl groups is 1. The lowest BCUT2D eigenvalue weighted by molar-refractivity contribution is 0.0697. The molecule has 0 amide bonds. The van der Waals surface area contributed by atoms with Crippen LogP contribution in [0.5, 0.6) is 5.75 Å². The molecule has 0 saturated carbocycles. The van der Waals surface area contributed by atoms with Gasteiger partial charge in [0.05, 0.1) is 16.1 Å². The number of phenolic OH excluding ortho intramolecular Hbond substituents is 1. The maximum absolute atomic E-state index is 13.1. The summed E-state index contributed by atoms with van der Waals surface area (Å²) in [5.41, 5.74) is -0.653. The van der Waals surface area contributed by atoms with Gasteiger partial charge in [-0.2, -0.15) is 0 Å². The number of hydrogen-bond acceptors (Lipinski definition) is 4. The van der Waals surface area contributed by atoms with Crippen molar-refractivity contribution in [2.75, 3.05) is 4.72 Å². The zero-order chi connectivity index (χ0) is 15.6. The highest BCUT2D eigenvalue weighted by Gasteiger charge is 2.19. The summed E-state index contributed by atoms with van der Waals surface area (Å²) in [5, 5.41) is 18.2. The molecule has 0 unspecified atom stereocenters. The van der Waals surface area contributed by atoms with Gasteiger partial charge < -0.3 is 10.2 Å². The van der Waals surface area contributed by atoms with Gasteiger partial charge in [-0.05, 0) is 36.4 Å². The molecule has 0 aromatic heterocycles. The number of halogens is 1. The Balaban J connectivity index is 2.44. The number of nitrogens with one attached hydrogen (secondary N) is 1. The van der Waals surface area contributed by atoms with Gasteiger partial charge in [0.1, 0.15) is 11.6 Å². The second-order valence-corrected chi connectivity index (χ2v) is 5.78. The van der Waals surface area contributed by atoms with Crippen LogP contribution in [-0.4, -0.2) is 24.6 Å². The molecule has 0 spiro atoms. The highest BCUT2D eigenvalue weighted by Crippen LogP contribution is 2.24. The van der Waals surface area contributed by atoms with Gasteiger partial charge in [0.2, 0.25) is 0 Å². The van der Waals surface area contributed by atoms with E-state index in [0.717, 1.165) is 30.3 Å². The summed E-state index contributed by atoms with van der Waals surface area (Å²) in [6, 6.07) is 7.44. The van der Waals surface area contributed by atoms with E-state index in [9.17, 15) is 22.7 Å². The summed E-state index contributed by atoms with van der Waals surface area (Å²) in [7, 11) is -4.14. The number of aromatic carboxylic acids is 1. The molecule has 0 fully saturated rings. The Hall–Kier alpha value is -2.61. The Morgan fingerprint density at radius 2 is 1.86 bits per heavy atom. The smallest absolute Gasteiger partial charge is 0.337 e. The molecule has 0 bridgehead atoms. The molecule has 0 heterocycles. The molecule has 6 nitrogen and oxygen atoms in total. The summed E-state index contributed by atoms with van der Waals surface area (Å²) in [4.78, 5) is 10.7. The Labute approximate surface area is 119 Å². The molecule has 2 rings (SSSR count). The van der Waals surface area contributed by atoms with Crippen LogP contribution in [0.2, 0.25) is 0 Å². The quantitative estimate of drug-likeness (QED) is 0.750. The van der Waals surface area contributed by atoms with Gasteiger partial charge >= 0.3 is 5.97 Å². The molecule has 0 aliphatic carbocycles. The van der Waals surface area contributed by atoms with Crippen LogP contribution in [0.3, 0.4) is 0 Å². The van der Waals surface area contributed by atoms with Crippen LogP contribution in [0.15, 0.2) is 47.4 Å². The monoisotopic (exact) mass is 311 g/mol. The van der Waals surface area contributed by atoms with Crippen LogP contribution in [-0.2, 0) is 10.0 Å². The van der Waals surface area contributed by atoms with E-state index < -0.39 is 27.4 Å². The molecule has 2 aromatic carbocycles. The second-order valence-electron chi connectivity index (χ2n) is 4.10. The van der Waals surface area contributed by atoms with Crippen molar-refractivity contribution in [1.29, 1.82) is 0 Å². The van der Waals surface area contributed by atoms with Crippen molar-refractivity contribution < 1.29 is 27.8 Å². The average Bonchev–Trinajstić information content (AvgIpc) is 2.40. The minimum atomic E-state index is -4.14. The molecule has 0 radical (unpaired) electrons. The Morgan fingerprint density at radius 3 is 2.48 bits per heavy atom.